The molecule has 0 spiro atoms. The van der Waals surface area contributed by atoms with Crippen LogP contribution in [0.3, 0.4) is 0 Å². The van der Waals surface area contributed by atoms with Crippen molar-refractivity contribution < 1.29 is 14.7 Å². The molecule has 1 unspecified atom stereocenters. The number of hydrogen-bond acceptors (Lipinski definition) is 3. The van der Waals surface area contributed by atoms with Gasteiger partial charge in [0, 0.05) is 12.1 Å². The Balaban J connectivity index is 1.87. The van der Waals surface area contributed by atoms with Crippen LogP contribution < -0.4 is 10.6 Å². The molecule has 138 valence electrons. The molecule has 1 aliphatic rings. The van der Waals surface area contributed by atoms with Crippen molar-refractivity contribution in [2.75, 3.05) is 11.9 Å². The van der Waals surface area contributed by atoms with Crippen molar-refractivity contribution in [3.63, 3.8) is 0 Å². The predicted octanol–water partition coefficient (Wildman–Crippen LogP) is 2.88. The lowest BCUT2D eigenvalue weighted by Crippen LogP contribution is -2.51. The summed E-state index contributed by atoms with van der Waals surface area (Å²) >= 11 is 0. The highest BCUT2D eigenvalue weighted by atomic mass is 16.3. The maximum absolute atomic E-state index is 12.2. The molecule has 0 aliphatic heterocycles. The summed E-state index contributed by atoms with van der Waals surface area (Å²) in [5.41, 5.74) is 1.04. The van der Waals surface area contributed by atoms with Gasteiger partial charge in [-0.15, -0.1) is 0 Å². The molecule has 1 aliphatic carbocycles. The number of nitrogens with one attached hydrogen (secondary N) is 2. The van der Waals surface area contributed by atoms with E-state index < -0.39 is 5.54 Å². The highest BCUT2D eigenvalue weighted by Gasteiger charge is 2.42. The lowest BCUT2D eigenvalue weighted by atomic mass is 9.92. The minimum Gasteiger partial charge on any atom is -0.394 e. The number of aliphatic hydroxyl groups is 1. The molecule has 0 saturated heterocycles. The molecule has 1 atom stereocenters. The molecule has 3 N–H and O–H groups in total. The minimum atomic E-state index is -0.516. The summed E-state index contributed by atoms with van der Waals surface area (Å²) < 4.78 is 0. The van der Waals surface area contributed by atoms with Crippen LogP contribution in [-0.4, -0.2) is 29.1 Å². The van der Waals surface area contributed by atoms with Crippen LogP contribution in [0.1, 0.15) is 52.5 Å². The lowest BCUT2D eigenvalue weighted by molar-refractivity contribution is -0.123. The highest BCUT2D eigenvalue weighted by Crippen LogP contribution is 2.39. The summed E-state index contributed by atoms with van der Waals surface area (Å²) in [5.74, 6) is 0.274. The largest absolute Gasteiger partial charge is 0.394 e. The number of anilines is 1. The molecule has 0 heterocycles. The second-order valence-electron chi connectivity index (χ2n) is 8.56. The van der Waals surface area contributed by atoms with E-state index in [1.54, 1.807) is 0 Å². The summed E-state index contributed by atoms with van der Waals surface area (Å²) in [7, 11) is 0. The van der Waals surface area contributed by atoms with Crippen LogP contribution in [0.4, 0.5) is 5.69 Å². The Hall–Kier alpha value is -1.88. The van der Waals surface area contributed by atoms with Gasteiger partial charge in [-0.05, 0) is 48.8 Å². The number of carbonyl (C=O) groups excluding carboxylic acids is 2. The first-order chi connectivity index (χ1) is 11.6. The van der Waals surface area contributed by atoms with Gasteiger partial charge >= 0.3 is 0 Å². The molecule has 25 heavy (non-hydrogen) atoms. The molecule has 0 bridgehead atoms. The number of rotatable bonds is 7. The SMILES string of the molecule is CC(C)(C)CC(=O)Nc1ccc(CC(=O)NC(C)(CO)C2CC2)cc1. The Morgan fingerprint density at radius 3 is 2.16 bits per heavy atom. The maximum atomic E-state index is 12.2. The fraction of sp³-hybridized carbons (Fsp3) is 0.600. The van der Waals surface area contributed by atoms with Crippen LogP contribution in [-0.2, 0) is 16.0 Å². The van der Waals surface area contributed by atoms with E-state index in [-0.39, 0.29) is 30.3 Å². The Bertz CT molecular complexity index is 615. The van der Waals surface area contributed by atoms with E-state index in [2.05, 4.69) is 10.6 Å². The van der Waals surface area contributed by atoms with Crippen LogP contribution in [0.25, 0.3) is 0 Å². The normalized spacial score (nSPS) is 16.8. The molecular weight excluding hydrogens is 316 g/mol. The van der Waals surface area contributed by atoms with Gasteiger partial charge in [-0.1, -0.05) is 32.9 Å². The Kier molecular flexibility index (Phi) is 5.88. The zero-order valence-electron chi connectivity index (χ0n) is 15.7. The molecule has 5 nitrogen and oxygen atoms in total. The molecule has 2 rings (SSSR count). The minimum absolute atomic E-state index is 0.0128. The van der Waals surface area contributed by atoms with E-state index in [1.807, 2.05) is 52.0 Å². The Labute approximate surface area is 150 Å². The molecule has 0 radical (unpaired) electrons. The van der Waals surface area contributed by atoms with E-state index in [4.69, 9.17) is 0 Å². The van der Waals surface area contributed by atoms with E-state index in [0.717, 1.165) is 24.1 Å². The van der Waals surface area contributed by atoms with E-state index in [9.17, 15) is 14.7 Å². The zero-order chi connectivity index (χ0) is 18.7. The first-order valence-corrected chi connectivity index (χ1v) is 8.92. The van der Waals surface area contributed by atoms with Gasteiger partial charge in [0.15, 0.2) is 0 Å². The second kappa shape index (κ2) is 7.56. The predicted molar refractivity (Wildman–Crippen MR) is 99.2 cm³/mol. The molecule has 2 amide bonds. The average Bonchev–Trinajstić information content (AvgIpc) is 3.32. The third kappa shape index (κ3) is 6.16. The molecule has 1 aromatic rings. The molecule has 1 aromatic carbocycles. The third-order valence-corrected chi connectivity index (χ3v) is 4.53. The number of carbonyl (C=O) groups is 2. The lowest BCUT2D eigenvalue weighted by Gasteiger charge is -2.28. The van der Waals surface area contributed by atoms with Gasteiger partial charge in [0.1, 0.15) is 0 Å². The van der Waals surface area contributed by atoms with Crippen LogP contribution in [0.15, 0.2) is 24.3 Å². The van der Waals surface area contributed by atoms with E-state index >= 15 is 0 Å². The van der Waals surface area contributed by atoms with Gasteiger partial charge in [-0.25, -0.2) is 0 Å². The molecule has 0 aromatic heterocycles. The number of aliphatic hydroxyl groups excluding tert-OH is 1. The van der Waals surface area contributed by atoms with Crippen molar-refractivity contribution >= 4 is 17.5 Å². The Morgan fingerprint density at radius 1 is 1.08 bits per heavy atom. The van der Waals surface area contributed by atoms with Crippen molar-refractivity contribution in [2.45, 2.75) is 58.9 Å². The number of amides is 2. The smallest absolute Gasteiger partial charge is 0.224 e. The fourth-order valence-corrected chi connectivity index (χ4v) is 2.93. The molecule has 1 saturated carbocycles. The average molecular weight is 346 g/mol. The van der Waals surface area contributed by atoms with Crippen molar-refractivity contribution in [2.24, 2.45) is 11.3 Å². The van der Waals surface area contributed by atoms with Gasteiger partial charge < -0.3 is 15.7 Å². The zero-order valence-corrected chi connectivity index (χ0v) is 15.7. The van der Waals surface area contributed by atoms with Crippen LogP contribution in [0, 0.1) is 11.3 Å². The first kappa shape index (κ1) is 19.4. The number of hydrogen-bond donors (Lipinski definition) is 3. The van der Waals surface area contributed by atoms with Gasteiger partial charge in [-0.2, -0.15) is 0 Å². The first-order valence-electron chi connectivity index (χ1n) is 8.92. The summed E-state index contributed by atoms with van der Waals surface area (Å²) in [6.07, 6.45) is 2.83. The van der Waals surface area contributed by atoms with E-state index in [1.165, 1.54) is 0 Å². The van der Waals surface area contributed by atoms with Gasteiger partial charge in [-0.3, -0.25) is 9.59 Å². The summed E-state index contributed by atoms with van der Waals surface area (Å²) in [5, 5.41) is 15.4. The Morgan fingerprint density at radius 2 is 1.68 bits per heavy atom. The van der Waals surface area contributed by atoms with Crippen molar-refractivity contribution in [3.05, 3.63) is 29.8 Å². The summed E-state index contributed by atoms with van der Waals surface area (Å²) in [6.45, 7) is 7.93. The summed E-state index contributed by atoms with van der Waals surface area (Å²) in [6, 6.07) is 7.32. The van der Waals surface area contributed by atoms with Crippen LogP contribution in [0.2, 0.25) is 0 Å². The van der Waals surface area contributed by atoms with E-state index in [0.29, 0.717) is 12.3 Å². The van der Waals surface area contributed by atoms with Crippen molar-refractivity contribution in [3.8, 4) is 0 Å². The maximum Gasteiger partial charge on any atom is 0.224 e. The standard InChI is InChI=1S/C20H30N2O3/c1-19(2,3)12-18(25)21-16-9-5-14(6-10-16)11-17(24)22-20(4,13-23)15-7-8-15/h5-6,9-10,15,23H,7-8,11-13H2,1-4H3,(H,21,25)(H,22,24). The monoisotopic (exact) mass is 346 g/mol. The van der Waals surface area contributed by atoms with Gasteiger partial charge in [0.25, 0.3) is 0 Å². The number of benzene rings is 1. The molecule has 5 heteroatoms. The second-order valence-corrected chi connectivity index (χ2v) is 8.56. The van der Waals surface area contributed by atoms with Crippen LogP contribution >= 0.6 is 0 Å². The highest BCUT2D eigenvalue weighted by molar-refractivity contribution is 5.91. The summed E-state index contributed by atoms with van der Waals surface area (Å²) in [4.78, 5) is 24.2. The molecule has 1 fully saturated rings. The quantitative estimate of drug-likeness (QED) is 0.710. The fourth-order valence-electron chi connectivity index (χ4n) is 2.93. The van der Waals surface area contributed by atoms with Crippen LogP contribution in [0.5, 0.6) is 0 Å². The van der Waals surface area contributed by atoms with Crippen molar-refractivity contribution in [1.82, 2.24) is 5.32 Å². The third-order valence-electron chi connectivity index (χ3n) is 4.53. The van der Waals surface area contributed by atoms with Crippen molar-refractivity contribution in [1.29, 1.82) is 0 Å². The topological polar surface area (TPSA) is 78.4 Å². The van der Waals surface area contributed by atoms with Gasteiger partial charge in [0.2, 0.25) is 11.8 Å². The molecular formula is C20H30N2O3. The van der Waals surface area contributed by atoms with Gasteiger partial charge in [0.05, 0.1) is 18.6 Å².